The van der Waals surface area contributed by atoms with Crippen molar-refractivity contribution in [1.29, 1.82) is 0 Å². The summed E-state index contributed by atoms with van der Waals surface area (Å²) in [6.07, 6.45) is 71.0. The molecule has 0 aromatic heterocycles. The Morgan fingerprint density at radius 3 is 1.12 bits per heavy atom. The average Bonchev–Trinajstić information content (AvgIpc) is 3.31. The Labute approximate surface area is 407 Å². The minimum atomic E-state index is -0.792. The van der Waals surface area contributed by atoms with E-state index in [9.17, 15) is 14.4 Å². The second-order valence-electron chi connectivity index (χ2n) is 17.9. The van der Waals surface area contributed by atoms with Gasteiger partial charge in [0.15, 0.2) is 6.10 Å². The smallest absolute Gasteiger partial charge is 0.306 e. The van der Waals surface area contributed by atoms with E-state index < -0.39 is 6.10 Å². The van der Waals surface area contributed by atoms with Crippen molar-refractivity contribution in [3.05, 3.63) is 97.2 Å². The molecule has 0 aromatic carbocycles. The van der Waals surface area contributed by atoms with Gasteiger partial charge in [0.2, 0.25) is 0 Å². The molecule has 6 nitrogen and oxygen atoms in total. The molecule has 0 saturated heterocycles. The lowest BCUT2D eigenvalue weighted by Crippen LogP contribution is -2.30. The molecule has 0 N–H and O–H groups in total. The molecule has 1 unspecified atom stereocenters. The third-order valence-corrected chi connectivity index (χ3v) is 11.4. The first-order valence-corrected chi connectivity index (χ1v) is 27.3. The predicted octanol–water partition coefficient (Wildman–Crippen LogP) is 18.1. The maximum absolute atomic E-state index is 12.8. The highest BCUT2D eigenvalue weighted by Crippen LogP contribution is 2.15. The van der Waals surface area contributed by atoms with Crippen molar-refractivity contribution in [3.8, 4) is 0 Å². The number of carbonyl (C=O) groups excluding carboxylic acids is 3. The fourth-order valence-corrected chi connectivity index (χ4v) is 7.37. The number of esters is 3. The minimum absolute atomic E-state index is 0.0889. The van der Waals surface area contributed by atoms with Crippen molar-refractivity contribution in [2.75, 3.05) is 13.2 Å². The summed E-state index contributed by atoms with van der Waals surface area (Å²) in [6.45, 7) is 6.41. The molecule has 0 amide bonds. The van der Waals surface area contributed by atoms with Crippen LogP contribution in [-0.4, -0.2) is 37.2 Å². The van der Waals surface area contributed by atoms with Crippen LogP contribution >= 0.6 is 0 Å². The number of hydrogen-bond acceptors (Lipinski definition) is 6. The van der Waals surface area contributed by atoms with E-state index in [0.717, 1.165) is 103 Å². The highest BCUT2D eigenvalue weighted by molar-refractivity contribution is 5.71. The first-order chi connectivity index (χ1) is 32.5. The van der Waals surface area contributed by atoms with Crippen LogP contribution in [0.25, 0.3) is 0 Å². The molecule has 0 saturated carbocycles. The van der Waals surface area contributed by atoms with E-state index in [1.54, 1.807) is 0 Å². The second-order valence-corrected chi connectivity index (χ2v) is 17.9. The molecule has 0 bridgehead atoms. The quantitative estimate of drug-likeness (QED) is 0.0199. The summed E-state index contributed by atoms with van der Waals surface area (Å²) < 4.78 is 16.8. The predicted molar refractivity (Wildman–Crippen MR) is 284 cm³/mol. The van der Waals surface area contributed by atoms with Crippen LogP contribution in [0.5, 0.6) is 0 Å². The molecule has 1 atom stereocenters. The fraction of sp³-hybridized carbons (Fsp3) is 0.683. The Balaban J connectivity index is 4.41. The zero-order valence-electron chi connectivity index (χ0n) is 42.9. The Kier molecular flexibility index (Phi) is 50.9. The lowest BCUT2D eigenvalue weighted by atomic mass is 10.1. The van der Waals surface area contributed by atoms with E-state index in [0.29, 0.717) is 19.3 Å². The van der Waals surface area contributed by atoms with Crippen LogP contribution in [0.2, 0.25) is 0 Å². The maximum atomic E-state index is 12.8. The standard InChI is InChI=1S/C60H100O6/c1-4-7-10-13-16-19-22-24-26-28-30-32-33-35-38-41-44-47-50-53-59(62)65-56-57(55-64-58(61)52-49-46-43-40-37-21-18-15-12-9-6-3)66-60(63)54-51-48-45-42-39-36-34-31-29-27-25-23-20-17-14-11-8-5-2/h7,10-11,14,16-17,19-20,23-27,29,31,34,57H,4-6,8-9,12-13,15,18,21-22,28,30,32-33,35-56H2,1-3H3/b10-7-,14-11-,19-16-,20-17-,25-23-,26-24-,29-27-,34-31-. The van der Waals surface area contributed by atoms with E-state index in [4.69, 9.17) is 14.2 Å². The first kappa shape index (κ1) is 62.3. The highest BCUT2D eigenvalue weighted by Gasteiger charge is 2.19. The molecule has 0 aliphatic rings. The van der Waals surface area contributed by atoms with Gasteiger partial charge >= 0.3 is 17.9 Å². The molecule has 376 valence electrons. The van der Waals surface area contributed by atoms with Gasteiger partial charge in [-0.2, -0.15) is 0 Å². The van der Waals surface area contributed by atoms with Gasteiger partial charge in [-0.15, -0.1) is 0 Å². The molecule has 0 spiro atoms. The molecular weight excluding hydrogens is 817 g/mol. The van der Waals surface area contributed by atoms with Crippen LogP contribution in [0.15, 0.2) is 97.2 Å². The average molecular weight is 917 g/mol. The third kappa shape index (κ3) is 51.3. The van der Waals surface area contributed by atoms with Crippen LogP contribution < -0.4 is 0 Å². The van der Waals surface area contributed by atoms with Crippen LogP contribution in [0, 0.1) is 0 Å². The van der Waals surface area contributed by atoms with Crippen molar-refractivity contribution in [2.45, 2.75) is 252 Å². The molecular formula is C60H100O6. The van der Waals surface area contributed by atoms with E-state index in [1.165, 1.54) is 103 Å². The number of ether oxygens (including phenoxy) is 3. The Morgan fingerprint density at radius 2 is 0.682 bits per heavy atom. The molecule has 6 heteroatoms. The van der Waals surface area contributed by atoms with Crippen molar-refractivity contribution < 1.29 is 28.6 Å². The van der Waals surface area contributed by atoms with Crippen molar-refractivity contribution in [3.63, 3.8) is 0 Å². The zero-order chi connectivity index (χ0) is 47.9. The third-order valence-electron chi connectivity index (χ3n) is 11.4. The topological polar surface area (TPSA) is 78.9 Å². The first-order valence-electron chi connectivity index (χ1n) is 27.3. The largest absolute Gasteiger partial charge is 0.462 e. The highest BCUT2D eigenvalue weighted by atomic mass is 16.6. The molecule has 0 heterocycles. The van der Waals surface area contributed by atoms with Crippen LogP contribution in [-0.2, 0) is 28.6 Å². The van der Waals surface area contributed by atoms with Gasteiger partial charge in [-0.3, -0.25) is 14.4 Å². The Hall–Kier alpha value is -3.67. The normalized spacial score (nSPS) is 12.8. The Morgan fingerprint density at radius 1 is 0.333 bits per heavy atom. The summed E-state index contributed by atoms with van der Waals surface area (Å²) >= 11 is 0. The monoisotopic (exact) mass is 917 g/mol. The second kappa shape index (κ2) is 53.9. The zero-order valence-corrected chi connectivity index (χ0v) is 42.9. The molecule has 0 aliphatic heterocycles. The maximum Gasteiger partial charge on any atom is 0.306 e. The van der Waals surface area contributed by atoms with E-state index in [2.05, 4.69) is 93.7 Å². The molecule has 0 fully saturated rings. The lowest BCUT2D eigenvalue weighted by molar-refractivity contribution is -0.167. The van der Waals surface area contributed by atoms with E-state index in [1.807, 2.05) is 24.3 Å². The van der Waals surface area contributed by atoms with Crippen LogP contribution in [0.3, 0.4) is 0 Å². The van der Waals surface area contributed by atoms with Crippen LogP contribution in [0.4, 0.5) is 0 Å². The SMILES string of the molecule is CC/C=C\C/C=C\C/C=C\CCCCCCCCCCCC(=O)OCC(COC(=O)CCCCCCCCCCCCC)OC(=O)CCCCCCC\C=C/C=C\C=C/C=C\C=C/CCC. The van der Waals surface area contributed by atoms with Gasteiger partial charge in [-0.05, 0) is 70.6 Å². The summed E-state index contributed by atoms with van der Waals surface area (Å²) in [5.74, 6) is -0.919. The number of hydrogen-bond donors (Lipinski definition) is 0. The molecule has 0 aliphatic carbocycles. The number of allylic oxidation sites excluding steroid dienone is 16. The van der Waals surface area contributed by atoms with Gasteiger partial charge < -0.3 is 14.2 Å². The number of rotatable bonds is 48. The fourth-order valence-electron chi connectivity index (χ4n) is 7.37. The number of carbonyl (C=O) groups is 3. The van der Waals surface area contributed by atoms with Gasteiger partial charge in [0.25, 0.3) is 0 Å². The van der Waals surface area contributed by atoms with Crippen molar-refractivity contribution in [2.24, 2.45) is 0 Å². The molecule has 0 aromatic rings. The summed E-state index contributed by atoms with van der Waals surface area (Å²) in [7, 11) is 0. The molecule has 0 radical (unpaired) electrons. The summed E-state index contributed by atoms with van der Waals surface area (Å²) in [5, 5.41) is 0. The van der Waals surface area contributed by atoms with E-state index >= 15 is 0 Å². The number of unbranched alkanes of at least 4 members (excludes halogenated alkanes) is 25. The van der Waals surface area contributed by atoms with Gasteiger partial charge in [0.05, 0.1) is 0 Å². The van der Waals surface area contributed by atoms with Gasteiger partial charge in [-0.25, -0.2) is 0 Å². The van der Waals surface area contributed by atoms with Gasteiger partial charge in [0.1, 0.15) is 13.2 Å². The van der Waals surface area contributed by atoms with Gasteiger partial charge in [-0.1, -0.05) is 253 Å². The minimum Gasteiger partial charge on any atom is -0.462 e. The van der Waals surface area contributed by atoms with Gasteiger partial charge in [0, 0.05) is 19.3 Å². The van der Waals surface area contributed by atoms with Crippen molar-refractivity contribution >= 4 is 17.9 Å². The summed E-state index contributed by atoms with van der Waals surface area (Å²) in [4.78, 5) is 38.1. The van der Waals surface area contributed by atoms with Crippen molar-refractivity contribution in [1.82, 2.24) is 0 Å². The van der Waals surface area contributed by atoms with E-state index in [-0.39, 0.29) is 31.1 Å². The molecule has 0 rings (SSSR count). The Bertz CT molecular complexity index is 1330. The molecule has 66 heavy (non-hydrogen) atoms. The summed E-state index contributed by atoms with van der Waals surface area (Å²) in [6, 6.07) is 0. The summed E-state index contributed by atoms with van der Waals surface area (Å²) in [5.41, 5.74) is 0. The lowest BCUT2D eigenvalue weighted by Gasteiger charge is -2.18. The van der Waals surface area contributed by atoms with Crippen LogP contribution in [0.1, 0.15) is 245 Å².